The molecule has 6 nitrogen and oxygen atoms in total. The van der Waals surface area contributed by atoms with E-state index in [4.69, 9.17) is 5.73 Å². The standard InChI is InChI=1S/C24H35N5O/c25-13-4-14-26-16-19-8-11-22(12-9-19)29-17-20-15-21(27-23(20)28-24(29)30)10-7-18-5-2-1-3-6-18/h8-9,11-12,15,17-18,23,26-27H,1-7,10,13-14,16,25H2,(H,28,30). The smallest absolute Gasteiger partial charge is 0.327 e. The molecule has 5 N–H and O–H groups in total. The maximum Gasteiger partial charge on any atom is 0.327 e. The fraction of sp³-hybridized carbons (Fsp3) is 0.542. The van der Waals surface area contributed by atoms with Crippen LogP contribution in [0.2, 0.25) is 0 Å². The second kappa shape index (κ2) is 10.1. The molecule has 3 aliphatic rings. The molecular formula is C24H35N5O. The topological polar surface area (TPSA) is 82.4 Å². The third-order valence-corrected chi connectivity index (χ3v) is 6.42. The normalized spacial score (nSPS) is 21.6. The Hall–Kier alpha value is -2.31. The van der Waals surface area contributed by atoms with Crippen molar-refractivity contribution in [2.24, 2.45) is 11.7 Å². The highest BCUT2D eigenvalue weighted by Crippen LogP contribution is 2.30. The summed E-state index contributed by atoms with van der Waals surface area (Å²) in [6.45, 7) is 2.44. The lowest BCUT2D eigenvalue weighted by Crippen LogP contribution is -2.51. The summed E-state index contributed by atoms with van der Waals surface area (Å²) < 4.78 is 0. The lowest BCUT2D eigenvalue weighted by Gasteiger charge is -2.29. The lowest BCUT2D eigenvalue weighted by molar-refractivity contribution is 0.243. The van der Waals surface area contributed by atoms with Gasteiger partial charge in [-0.1, -0.05) is 44.2 Å². The Morgan fingerprint density at radius 3 is 2.67 bits per heavy atom. The zero-order chi connectivity index (χ0) is 20.8. The van der Waals surface area contributed by atoms with Crippen molar-refractivity contribution in [1.29, 1.82) is 0 Å². The quantitative estimate of drug-likeness (QED) is 0.469. The molecule has 1 unspecified atom stereocenters. The van der Waals surface area contributed by atoms with E-state index >= 15 is 0 Å². The Bertz CT molecular complexity index is 779. The highest BCUT2D eigenvalue weighted by atomic mass is 16.2. The van der Waals surface area contributed by atoms with Crippen LogP contribution in [0.3, 0.4) is 0 Å². The van der Waals surface area contributed by atoms with Gasteiger partial charge in [0, 0.05) is 24.0 Å². The predicted molar refractivity (Wildman–Crippen MR) is 122 cm³/mol. The minimum Gasteiger partial charge on any atom is -0.365 e. The van der Waals surface area contributed by atoms with Gasteiger partial charge in [-0.25, -0.2) is 4.79 Å². The molecule has 2 heterocycles. The van der Waals surface area contributed by atoms with Crippen molar-refractivity contribution >= 4 is 11.7 Å². The van der Waals surface area contributed by atoms with E-state index in [9.17, 15) is 4.79 Å². The van der Waals surface area contributed by atoms with Crippen molar-refractivity contribution in [2.75, 3.05) is 18.0 Å². The average Bonchev–Trinajstić information content (AvgIpc) is 3.17. The van der Waals surface area contributed by atoms with Gasteiger partial charge >= 0.3 is 6.03 Å². The first-order valence-corrected chi connectivity index (χ1v) is 11.5. The molecule has 4 rings (SSSR count). The number of fused-ring (bicyclic) bond motifs is 1. The van der Waals surface area contributed by atoms with E-state index in [1.54, 1.807) is 4.90 Å². The third-order valence-electron chi connectivity index (χ3n) is 6.42. The summed E-state index contributed by atoms with van der Waals surface area (Å²) in [5, 5.41) is 9.96. The van der Waals surface area contributed by atoms with Gasteiger partial charge in [-0.3, -0.25) is 4.90 Å². The Balaban J connectivity index is 1.35. The minimum absolute atomic E-state index is 0.0907. The van der Waals surface area contributed by atoms with Crippen LogP contribution in [-0.4, -0.2) is 25.3 Å². The average molecular weight is 410 g/mol. The minimum atomic E-state index is -0.0962. The van der Waals surface area contributed by atoms with Crippen LogP contribution in [0.1, 0.15) is 56.9 Å². The van der Waals surface area contributed by atoms with Crippen LogP contribution in [0.15, 0.2) is 47.8 Å². The molecule has 6 heteroatoms. The fourth-order valence-electron chi connectivity index (χ4n) is 4.63. The van der Waals surface area contributed by atoms with Crippen LogP contribution < -0.4 is 26.6 Å². The van der Waals surface area contributed by atoms with Gasteiger partial charge in [-0.05, 0) is 62.0 Å². The Morgan fingerprint density at radius 2 is 1.90 bits per heavy atom. The number of carbonyl (C=O) groups excluding carboxylic acids is 1. The number of amides is 2. The number of hydrogen-bond acceptors (Lipinski definition) is 4. The maximum atomic E-state index is 12.7. The Morgan fingerprint density at radius 1 is 1.10 bits per heavy atom. The van der Waals surface area contributed by atoms with E-state index < -0.39 is 0 Å². The van der Waals surface area contributed by atoms with E-state index in [-0.39, 0.29) is 12.2 Å². The number of urea groups is 1. The van der Waals surface area contributed by atoms with Gasteiger partial charge in [0.25, 0.3) is 0 Å². The van der Waals surface area contributed by atoms with Crippen LogP contribution in [0.4, 0.5) is 10.5 Å². The predicted octanol–water partition coefficient (Wildman–Crippen LogP) is 3.71. The molecule has 1 aromatic rings. The number of allylic oxidation sites excluding steroid dienone is 1. The number of anilines is 1. The summed E-state index contributed by atoms with van der Waals surface area (Å²) in [7, 11) is 0. The van der Waals surface area contributed by atoms with Crippen molar-refractivity contribution in [3.8, 4) is 0 Å². The van der Waals surface area contributed by atoms with Crippen molar-refractivity contribution in [3.63, 3.8) is 0 Å². The van der Waals surface area contributed by atoms with Gasteiger partial charge in [0.05, 0.1) is 5.69 Å². The fourth-order valence-corrected chi connectivity index (χ4v) is 4.63. The second-order valence-corrected chi connectivity index (χ2v) is 8.72. The van der Waals surface area contributed by atoms with Crippen LogP contribution >= 0.6 is 0 Å². The molecule has 2 aliphatic heterocycles. The van der Waals surface area contributed by atoms with E-state index in [0.717, 1.165) is 43.1 Å². The summed E-state index contributed by atoms with van der Waals surface area (Å²) >= 11 is 0. The van der Waals surface area contributed by atoms with Crippen LogP contribution in [-0.2, 0) is 6.54 Å². The van der Waals surface area contributed by atoms with E-state index in [0.29, 0.717) is 6.54 Å². The number of benzene rings is 1. The largest absolute Gasteiger partial charge is 0.365 e. The first-order chi connectivity index (χ1) is 14.7. The van der Waals surface area contributed by atoms with Crippen molar-refractivity contribution in [2.45, 2.75) is 64.1 Å². The zero-order valence-electron chi connectivity index (χ0n) is 17.8. The number of nitrogens with zero attached hydrogens (tertiary/aromatic N) is 1. The van der Waals surface area contributed by atoms with E-state index in [1.165, 1.54) is 49.8 Å². The van der Waals surface area contributed by atoms with Gasteiger partial charge in [-0.2, -0.15) is 0 Å². The molecule has 2 amide bonds. The first kappa shape index (κ1) is 20.9. The van der Waals surface area contributed by atoms with Crippen molar-refractivity contribution in [1.82, 2.24) is 16.0 Å². The van der Waals surface area contributed by atoms with Gasteiger partial charge in [0.1, 0.15) is 6.17 Å². The van der Waals surface area contributed by atoms with E-state index in [2.05, 4.69) is 34.2 Å². The number of nitrogens with one attached hydrogen (secondary N) is 3. The zero-order valence-corrected chi connectivity index (χ0v) is 17.8. The molecule has 30 heavy (non-hydrogen) atoms. The van der Waals surface area contributed by atoms with Gasteiger partial charge in [-0.15, -0.1) is 0 Å². The highest BCUT2D eigenvalue weighted by molar-refractivity contribution is 5.96. The molecule has 0 bridgehead atoms. The summed E-state index contributed by atoms with van der Waals surface area (Å²) in [5.41, 5.74) is 9.98. The van der Waals surface area contributed by atoms with Crippen LogP contribution in [0, 0.1) is 5.92 Å². The summed E-state index contributed by atoms with van der Waals surface area (Å²) in [6, 6.07) is 8.06. The molecule has 1 saturated carbocycles. The first-order valence-electron chi connectivity index (χ1n) is 11.5. The van der Waals surface area contributed by atoms with Crippen molar-refractivity contribution in [3.05, 3.63) is 53.4 Å². The molecular weight excluding hydrogens is 374 g/mol. The number of rotatable bonds is 9. The molecule has 1 aliphatic carbocycles. The van der Waals surface area contributed by atoms with Crippen LogP contribution in [0.25, 0.3) is 0 Å². The van der Waals surface area contributed by atoms with Crippen LogP contribution in [0.5, 0.6) is 0 Å². The Kier molecular flexibility index (Phi) is 7.07. The lowest BCUT2D eigenvalue weighted by atomic mass is 9.86. The molecule has 1 atom stereocenters. The number of nitrogens with two attached hydrogens (primary N) is 1. The number of carbonyl (C=O) groups is 1. The molecule has 0 spiro atoms. The molecule has 162 valence electrons. The third kappa shape index (κ3) is 5.24. The summed E-state index contributed by atoms with van der Waals surface area (Å²) in [4.78, 5) is 14.4. The summed E-state index contributed by atoms with van der Waals surface area (Å²) in [6.07, 6.45) is 14.3. The second-order valence-electron chi connectivity index (χ2n) is 8.72. The SMILES string of the molecule is NCCCNCc1ccc(N2C=C3C=C(CCC4CCCCC4)NC3NC2=O)cc1. The van der Waals surface area contributed by atoms with Gasteiger partial charge in [0.15, 0.2) is 0 Å². The molecule has 1 aromatic carbocycles. The van der Waals surface area contributed by atoms with E-state index in [1.807, 2.05) is 18.3 Å². The molecule has 0 aromatic heterocycles. The monoisotopic (exact) mass is 409 g/mol. The maximum absolute atomic E-state index is 12.7. The van der Waals surface area contributed by atoms with Gasteiger partial charge in [0.2, 0.25) is 0 Å². The molecule has 0 radical (unpaired) electrons. The molecule has 1 fully saturated rings. The summed E-state index contributed by atoms with van der Waals surface area (Å²) in [5.74, 6) is 0.868. The highest BCUT2D eigenvalue weighted by Gasteiger charge is 2.30. The Labute approximate surface area is 180 Å². The number of hydrogen-bond donors (Lipinski definition) is 4. The van der Waals surface area contributed by atoms with Gasteiger partial charge < -0.3 is 21.7 Å². The van der Waals surface area contributed by atoms with Crippen molar-refractivity contribution < 1.29 is 4.79 Å². The molecule has 0 saturated heterocycles.